The number of carbonyl (C=O) groups is 1. The number of pyridine rings is 1. The van der Waals surface area contributed by atoms with Crippen LogP contribution in [-0.4, -0.2) is 15.3 Å². The number of hydrogen-bond acceptors (Lipinski definition) is 4. The van der Waals surface area contributed by atoms with Gasteiger partial charge in [0.1, 0.15) is 0 Å². The molecule has 6 heteroatoms. The monoisotopic (exact) mass is 272 g/mol. The van der Waals surface area contributed by atoms with Gasteiger partial charge in [0.2, 0.25) is 0 Å². The zero-order valence-corrected chi connectivity index (χ0v) is 10.6. The Labute approximate surface area is 114 Å². The molecule has 20 heavy (non-hydrogen) atoms. The molecule has 0 amide bonds. The van der Waals surface area contributed by atoms with E-state index < -0.39 is 10.5 Å². The summed E-state index contributed by atoms with van der Waals surface area (Å²) in [6.45, 7) is -0.171. The maximum Gasteiger partial charge on any atom is 0.285 e. The molecule has 102 valence electrons. The summed E-state index contributed by atoms with van der Waals surface area (Å²) in [5, 5.41) is 10.6. The number of rotatable bonds is 5. The van der Waals surface area contributed by atoms with Crippen molar-refractivity contribution in [2.45, 2.75) is 13.0 Å². The first-order valence-electron chi connectivity index (χ1n) is 5.97. The number of benzene rings is 1. The SMILES string of the molecule is O=C(Cc1ccccc1)Cn1cc([N+](=O)[O-])ccc1=O. The molecule has 0 bridgehead atoms. The van der Waals surface area contributed by atoms with Gasteiger partial charge in [0.25, 0.3) is 11.2 Å². The minimum Gasteiger partial charge on any atom is -0.301 e. The van der Waals surface area contributed by atoms with E-state index in [9.17, 15) is 19.7 Å². The molecule has 0 N–H and O–H groups in total. The highest BCUT2D eigenvalue weighted by Gasteiger charge is 2.11. The van der Waals surface area contributed by atoms with Crippen molar-refractivity contribution in [1.29, 1.82) is 0 Å². The van der Waals surface area contributed by atoms with Gasteiger partial charge in [0, 0.05) is 18.6 Å². The van der Waals surface area contributed by atoms with Crippen molar-refractivity contribution in [3.8, 4) is 0 Å². The summed E-state index contributed by atoms with van der Waals surface area (Å²) >= 11 is 0. The summed E-state index contributed by atoms with van der Waals surface area (Å²) in [6, 6.07) is 11.3. The van der Waals surface area contributed by atoms with Gasteiger partial charge in [-0.15, -0.1) is 0 Å². The highest BCUT2D eigenvalue weighted by atomic mass is 16.6. The van der Waals surface area contributed by atoms with Crippen LogP contribution in [0, 0.1) is 10.1 Å². The number of carbonyl (C=O) groups excluding carboxylic acids is 1. The standard InChI is InChI=1S/C14H12N2O4/c17-13(8-11-4-2-1-3-5-11)10-15-9-12(16(19)20)6-7-14(15)18/h1-7,9H,8,10H2. The second kappa shape index (κ2) is 5.92. The third-order valence-electron chi connectivity index (χ3n) is 2.77. The average Bonchev–Trinajstić information content (AvgIpc) is 2.42. The van der Waals surface area contributed by atoms with Gasteiger partial charge in [0.15, 0.2) is 5.78 Å². The van der Waals surface area contributed by atoms with Crippen molar-refractivity contribution in [2.24, 2.45) is 0 Å². The molecule has 0 saturated heterocycles. The maximum atomic E-state index is 11.9. The molecule has 0 aliphatic carbocycles. The smallest absolute Gasteiger partial charge is 0.285 e. The highest BCUT2D eigenvalue weighted by Crippen LogP contribution is 2.07. The molecule has 0 radical (unpaired) electrons. The first-order valence-corrected chi connectivity index (χ1v) is 5.97. The van der Waals surface area contributed by atoms with E-state index in [-0.39, 0.29) is 24.4 Å². The van der Waals surface area contributed by atoms with E-state index in [2.05, 4.69) is 0 Å². The molecular formula is C14H12N2O4. The predicted molar refractivity (Wildman–Crippen MR) is 72.5 cm³/mol. The maximum absolute atomic E-state index is 11.9. The third-order valence-corrected chi connectivity index (χ3v) is 2.77. The Balaban J connectivity index is 2.13. The van der Waals surface area contributed by atoms with Crippen molar-refractivity contribution in [3.05, 3.63) is 74.7 Å². The molecule has 0 aliphatic rings. The molecular weight excluding hydrogens is 260 g/mol. The molecule has 0 atom stereocenters. The second-order valence-electron chi connectivity index (χ2n) is 4.31. The minimum atomic E-state index is -0.600. The highest BCUT2D eigenvalue weighted by molar-refractivity contribution is 5.80. The zero-order chi connectivity index (χ0) is 14.5. The van der Waals surface area contributed by atoms with Gasteiger partial charge in [-0.05, 0) is 5.56 Å². The lowest BCUT2D eigenvalue weighted by molar-refractivity contribution is -0.385. The molecule has 6 nitrogen and oxygen atoms in total. The van der Waals surface area contributed by atoms with Crippen molar-refractivity contribution in [3.63, 3.8) is 0 Å². The van der Waals surface area contributed by atoms with Gasteiger partial charge in [-0.2, -0.15) is 0 Å². The summed E-state index contributed by atoms with van der Waals surface area (Å²) < 4.78 is 1.06. The van der Waals surface area contributed by atoms with Gasteiger partial charge in [0.05, 0.1) is 17.7 Å². The Morgan fingerprint density at radius 1 is 1.15 bits per heavy atom. The Kier molecular flexibility index (Phi) is 4.05. The molecule has 0 aliphatic heterocycles. The van der Waals surface area contributed by atoms with Gasteiger partial charge >= 0.3 is 0 Å². The van der Waals surface area contributed by atoms with E-state index in [1.165, 1.54) is 0 Å². The van der Waals surface area contributed by atoms with Gasteiger partial charge < -0.3 is 4.57 Å². The van der Waals surface area contributed by atoms with Crippen LogP contribution in [0.5, 0.6) is 0 Å². The van der Waals surface area contributed by atoms with Crippen LogP contribution in [0.1, 0.15) is 5.56 Å². The number of nitro groups is 1. The predicted octanol–water partition coefficient (Wildman–Crippen LogP) is 1.57. The van der Waals surface area contributed by atoms with Gasteiger partial charge in [-0.3, -0.25) is 19.7 Å². The van der Waals surface area contributed by atoms with E-state index in [4.69, 9.17) is 0 Å². The van der Waals surface area contributed by atoms with Gasteiger partial charge in [-0.25, -0.2) is 0 Å². The minimum absolute atomic E-state index is 0.171. The van der Waals surface area contributed by atoms with E-state index >= 15 is 0 Å². The fourth-order valence-electron chi connectivity index (χ4n) is 1.82. The quantitative estimate of drug-likeness (QED) is 0.611. The Bertz CT molecular complexity index is 692. The first-order chi connectivity index (χ1) is 9.56. The van der Waals surface area contributed by atoms with Crippen LogP contribution in [0.4, 0.5) is 5.69 Å². The normalized spacial score (nSPS) is 10.2. The lowest BCUT2D eigenvalue weighted by atomic mass is 10.1. The van der Waals surface area contributed by atoms with Crippen molar-refractivity contribution < 1.29 is 9.72 Å². The van der Waals surface area contributed by atoms with Crippen LogP contribution in [0.2, 0.25) is 0 Å². The molecule has 2 aromatic rings. The molecule has 0 spiro atoms. The fourth-order valence-corrected chi connectivity index (χ4v) is 1.82. The average molecular weight is 272 g/mol. The molecule has 0 fully saturated rings. The molecule has 1 aromatic carbocycles. The van der Waals surface area contributed by atoms with Gasteiger partial charge in [-0.1, -0.05) is 30.3 Å². The number of Topliss-reactive ketones (excluding diaryl/α,β-unsaturated/α-hetero) is 1. The number of ketones is 1. The third kappa shape index (κ3) is 3.38. The molecule has 0 unspecified atom stereocenters. The van der Waals surface area contributed by atoms with E-state index in [0.717, 1.165) is 28.5 Å². The van der Waals surface area contributed by atoms with Crippen molar-refractivity contribution in [1.82, 2.24) is 4.57 Å². The Morgan fingerprint density at radius 3 is 2.50 bits per heavy atom. The van der Waals surface area contributed by atoms with E-state index in [1.54, 1.807) is 0 Å². The van der Waals surface area contributed by atoms with Crippen molar-refractivity contribution >= 4 is 11.5 Å². The van der Waals surface area contributed by atoms with Crippen LogP contribution < -0.4 is 5.56 Å². The van der Waals surface area contributed by atoms with Crippen LogP contribution in [0.15, 0.2) is 53.5 Å². The summed E-state index contributed by atoms with van der Waals surface area (Å²) in [4.78, 5) is 33.5. The van der Waals surface area contributed by atoms with Crippen LogP contribution in [0.25, 0.3) is 0 Å². The second-order valence-corrected chi connectivity index (χ2v) is 4.31. The number of hydrogen-bond donors (Lipinski definition) is 0. The molecule has 0 saturated carbocycles. The molecule has 1 heterocycles. The Hall–Kier alpha value is -2.76. The van der Waals surface area contributed by atoms with E-state index in [1.807, 2.05) is 30.3 Å². The van der Waals surface area contributed by atoms with Crippen LogP contribution in [-0.2, 0) is 17.8 Å². The number of aromatic nitrogens is 1. The van der Waals surface area contributed by atoms with E-state index in [0.29, 0.717) is 0 Å². The molecule has 1 aromatic heterocycles. The summed E-state index contributed by atoms with van der Waals surface area (Å²) in [6.07, 6.45) is 1.28. The fraction of sp³-hybridized carbons (Fsp3) is 0.143. The Morgan fingerprint density at radius 2 is 1.85 bits per heavy atom. The first kappa shape index (κ1) is 13.7. The summed E-state index contributed by atoms with van der Waals surface area (Å²) in [5.41, 5.74) is 0.199. The van der Waals surface area contributed by atoms with Crippen LogP contribution in [0.3, 0.4) is 0 Å². The lowest BCUT2D eigenvalue weighted by Crippen LogP contribution is -2.24. The number of nitrogens with zero attached hydrogens (tertiary/aromatic N) is 2. The lowest BCUT2D eigenvalue weighted by Gasteiger charge is -2.04. The molecule has 2 rings (SSSR count). The zero-order valence-electron chi connectivity index (χ0n) is 10.6. The topological polar surface area (TPSA) is 82.2 Å². The summed E-state index contributed by atoms with van der Waals surface area (Å²) in [5.74, 6) is -0.182. The largest absolute Gasteiger partial charge is 0.301 e. The van der Waals surface area contributed by atoms with Crippen molar-refractivity contribution in [2.75, 3.05) is 0 Å². The summed E-state index contributed by atoms with van der Waals surface area (Å²) in [7, 11) is 0. The van der Waals surface area contributed by atoms with Crippen LogP contribution >= 0.6 is 0 Å².